The SMILES string of the molecule is O=S(O)C1CC(O)C2C(CC(SOOO)CC2NC2NC(Cl)NC(Cl)N2)C1. The quantitative estimate of drug-likeness (QED) is 0.0722. The zero-order chi connectivity index (χ0) is 19.6. The minimum absolute atomic E-state index is 0.0150. The van der Waals surface area contributed by atoms with Crippen molar-refractivity contribution in [3.63, 3.8) is 0 Å². The Morgan fingerprint density at radius 3 is 2.44 bits per heavy atom. The maximum Gasteiger partial charge on any atom is 0.156 e. The van der Waals surface area contributed by atoms with Gasteiger partial charge < -0.3 is 9.66 Å². The summed E-state index contributed by atoms with van der Waals surface area (Å²) in [4.78, 5) is 0. The normalized spacial score (nSPS) is 46.6. The molecule has 9 unspecified atom stereocenters. The van der Waals surface area contributed by atoms with E-state index in [0.717, 1.165) is 12.0 Å². The molecule has 14 heteroatoms. The maximum absolute atomic E-state index is 11.5. The average Bonchev–Trinajstić information content (AvgIpc) is 2.58. The Kier molecular flexibility index (Phi) is 8.43. The van der Waals surface area contributed by atoms with Crippen LogP contribution in [0.3, 0.4) is 0 Å². The van der Waals surface area contributed by atoms with Crippen molar-refractivity contribution >= 4 is 46.3 Å². The second-order valence-electron chi connectivity index (χ2n) is 7.04. The number of rotatable bonds is 6. The van der Waals surface area contributed by atoms with Gasteiger partial charge in [0.25, 0.3) is 0 Å². The summed E-state index contributed by atoms with van der Waals surface area (Å²) in [5.74, 6) is -0.0843. The topological polar surface area (TPSA) is 144 Å². The summed E-state index contributed by atoms with van der Waals surface area (Å²) in [6.45, 7) is 0. The van der Waals surface area contributed by atoms with Gasteiger partial charge in [0.05, 0.1) is 11.4 Å². The van der Waals surface area contributed by atoms with Crippen molar-refractivity contribution in [1.82, 2.24) is 21.3 Å². The summed E-state index contributed by atoms with van der Waals surface area (Å²) >= 11 is 11.2. The fourth-order valence-corrected chi connectivity index (χ4v) is 6.53. The fourth-order valence-electron chi connectivity index (χ4n) is 4.43. The summed E-state index contributed by atoms with van der Waals surface area (Å²) in [6, 6.07) is -0.137. The van der Waals surface area contributed by atoms with Crippen molar-refractivity contribution in [3.05, 3.63) is 0 Å². The molecule has 3 rings (SSSR count). The number of hydrogen-bond acceptors (Lipinski definition) is 10. The molecule has 0 radical (unpaired) electrons. The molecule has 1 saturated heterocycles. The first-order chi connectivity index (χ1) is 12.9. The summed E-state index contributed by atoms with van der Waals surface area (Å²) in [7, 11) is 0. The van der Waals surface area contributed by atoms with Crippen LogP contribution in [-0.4, -0.2) is 59.3 Å². The van der Waals surface area contributed by atoms with Crippen LogP contribution in [0, 0.1) is 11.8 Å². The third-order valence-corrected chi connectivity index (χ3v) is 7.65. The largest absolute Gasteiger partial charge is 0.393 e. The molecule has 3 fully saturated rings. The Labute approximate surface area is 173 Å². The van der Waals surface area contributed by atoms with E-state index in [9.17, 15) is 13.9 Å². The van der Waals surface area contributed by atoms with E-state index in [1.807, 2.05) is 0 Å². The van der Waals surface area contributed by atoms with E-state index in [0.29, 0.717) is 19.3 Å². The highest BCUT2D eigenvalue weighted by molar-refractivity contribution is 7.95. The zero-order valence-corrected chi connectivity index (χ0v) is 17.3. The number of alkyl halides is 2. The lowest BCUT2D eigenvalue weighted by atomic mass is 9.66. The van der Waals surface area contributed by atoms with Gasteiger partial charge in [-0.3, -0.25) is 21.3 Å². The Hall–Kier alpha value is 0.720. The van der Waals surface area contributed by atoms with Crippen LogP contribution in [0.1, 0.15) is 25.7 Å². The lowest BCUT2D eigenvalue weighted by Crippen LogP contribution is -2.71. The van der Waals surface area contributed by atoms with Crippen molar-refractivity contribution < 1.29 is 28.5 Å². The Balaban J connectivity index is 1.72. The van der Waals surface area contributed by atoms with Crippen LogP contribution >= 0.6 is 35.2 Å². The first-order valence-electron chi connectivity index (χ1n) is 8.61. The zero-order valence-electron chi connectivity index (χ0n) is 14.2. The summed E-state index contributed by atoms with van der Waals surface area (Å²) in [5, 5.41) is 34.7. The average molecular weight is 467 g/mol. The second-order valence-corrected chi connectivity index (χ2v) is 10.1. The summed E-state index contributed by atoms with van der Waals surface area (Å²) < 4.78 is 25.6. The molecule has 27 heavy (non-hydrogen) atoms. The minimum atomic E-state index is -1.98. The van der Waals surface area contributed by atoms with Gasteiger partial charge in [0.1, 0.15) is 17.5 Å². The standard InChI is InChI=1S/C13H24Cl2N4O6S2/c14-11-17-12(15)19-13(18-11)16-8-3-6(26-25-24-21)1-5-2-7(27(22)23)4-9(20)10(5)8/h5-13,16-21H,1-4H2,(H,22,23). The van der Waals surface area contributed by atoms with Crippen LogP contribution in [-0.2, 0) is 20.5 Å². The minimum Gasteiger partial charge on any atom is -0.393 e. The molecule has 3 aliphatic rings. The molecule has 158 valence electrons. The highest BCUT2D eigenvalue weighted by Crippen LogP contribution is 2.45. The number of halogens is 2. The van der Waals surface area contributed by atoms with E-state index >= 15 is 0 Å². The molecule has 0 aromatic heterocycles. The Morgan fingerprint density at radius 2 is 1.81 bits per heavy atom. The molecule has 0 bridgehead atoms. The first-order valence-corrected chi connectivity index (χ1v) is 11.5. The lowest BCUT2D eigenvalue weighted by Gasteiger charge is -2.49. The van der Waals surface area contributed by atoms with Gasteiger partial charge in [-0.2, -0.15) is 0 Å². The summed E-state index contributed by atoms with van der Waals surface area (Å²) in [6.07, 6.45) is 1.02. The van der Waals surface area contributed by atoms with E-state index in [1.54, 1.807) is 0 Å². The van der Waals surface area contributed by atoms with Gasteiger partial charge in [-0.1, -0.05) is 28.2 Å². The molecule has 9 atom stereocenters. The molecule has 10 nitrogen and oxygen atoms in total. The monoisotopic (exact) mass is 466 g/mol. The molecule has 1 heterocycles. The van der Waals surface area contributed by atoms with Crippen molar-refractivity contribution in [1.29, 1.82) is 0 Å². The Bertz CT molecular complexity index is 519. The Morgan fingerprint density at radius 1 is 1.11 bits per heavy atom. The summed E-state index contributed by atoms with van der Waals surface area (Å²) in [5.41, 5.74) is -1.06. The molecule has 0 amide bonds. The predicted molar refractivity (Wildman–Crippen MR) is 102 cm³/mol. The van der Waals surface area contributed by atoms with Gasteiger partial charge in [-0.25, -0.2) is 9.47 Å². The molecule has 0 spiro atoms. The third-order valence-electron chi connectivity index (χ3n) is 5.40. The maximum atomic E-state index is 11.5. The van der Waals surface area contributed by atoms with Crippen LogP contribution in [0.5, 0.6) is 0 Å². The predicted octanol–water partition coefficient (Wildman–Crippen LogP) is 0.265. The van der Waals surface area contributed by atoms with Gasteiger partial charge in [0.2, 0.25) is 0 Å². The molecule has 0 aromatic carbocycles. The molecular formula is C13H24Cl2N4O6S2. The van der Waals surface area contributed by atoms with Crippen LogP contribution < -0.4 is 21.3 Å². The molecule has 2 aliphatic carbocycles. The molecule has 7 N–H and O–H groups in total. The molecule has 0 aromatic rings. The van der Waals surface area contributed by atoms with E-state index < -0.39 is 40.0 Å². The first kappa shape index (κ1) is 22.4. The smallest absolute Gasteiger partial charge is 0.156 e. The van der Waals surface area contributed by atoms with Crippen molar-refractivity contribution in [2.24, 2.45) is 11.8 Å². The van der Waals surface area contributed by atoms with E-state index in [-0.39, 0.29) is 29.5 Å². The van der Waals surface area contributed by atoms with Gasteiger partial charge in [0.15, 0.2) is 11.1 Å². The number of aliphatic hydroxyl groups excluding tert-OH is 1. The number of hydrogen-bond donors (Lipinski definition) is 7. The molecule has 2 saturated carbocycles. The number of nitrogens with one attached hydrogen (secondary N) is 4. The third kappa shape index (κ3) is 5.87. The van der Waals surface area contributed by atoms with Crippen molar-refractivity contribution in [2.75, 3.05) is 0 Å². The van der Waals surface area contributed by atoms with Crippen molar-refractivity contribution in [3.8, 4) is 0 Å². The van der Waals surface area contributed by atoms with Crippen molar-refractivity contribution in [2.45, 2.75) is 65.9 Å². The fraction of sp³-hybridized carbons (Fsp3) is 1.00. The van der Waals surface area contributed by atoms with E-state index in [2.05, 4.69) is 30.6 Å². The van der Waals surface area contributed by atoms with Crippen LogP contribution in [0.15, 0.2) is 0 Å². The van der Waals surface area contributed by atoms with Gasteiger partial charge >= 0.3 is 0 Å². The highest BCUT2D eigenvalue weighted by atomic mass is 35.5. The van der Waals surface area contributed by atoms with Crippen LogP contribution in [0.2, 0.25) is 0 Å². The van der Waals surface area contributed by atoms with Gasteiger partial charge in [-0.15, -0.1) is 4.33 Å². The van der Waals surface area contributed by atoms with E-state index in [4.69, 9.17) is 28.5 Å². The van der Waals surface area contributed by atoms with Gasteiger partial charge in [-0.05, 0) is 31.6 Å². The van der Waals surface area contributed by atoms with E-state index in [1.165, 1.54) is 0 Å². The number of fused-ring (bicyclic) bond motifs is 1. The van der Waals surface area contributed by atoms with Gasteiger partial charge in [0, 0.05) is 29.3 Å². The molecular weight excluding hydrogens is 443 g/mol. The molecule has 1 aliphatic heterocycles. The number of aliphatic hydroxyl groups is 1. The second kappa shape index (κ2) is 10.2. The lowest BCUT2D eigenvalue weighted by molar-refractivity contribution is -0.432. The van der Waals surface area contributed by atoms with Crippen LogP contribution in [0.25, 0.3) is 0 Å². The van der Waals surface area contributed by atoms with Crippen LogP contribution in [0.4, 0.5) is 0 Å². The highest BCUT2D eigenvalue weighted by Gasteiger charge is 2.48.